The van der Waals surface area contributed by atoms with Crippen LogP contribution in [-0.2, 0) is 0 Å². The van der Waals surface area contributed by atoms with Crippen LogP contribution >= 0.6 is 11.6 Å². The Labute approximate surface area is 160 Å². The van der Waals surface area contributed by atoms with Crippen molar-refractivity contribution < 1.29 is 5.11 Å². The van der Waals surface area contributed by atoms with Crippen molar-refractivity contribution in [2.45, 2.75) is 38.2 Å². The predicted molar refractivity (Wildman–Crippen MR) is 111 cm³/mol. The van der Waals surface area contributed by atoms with Gasteiger partial charge in [0.2, 0.25) is 0 Å². The molecule has 2 aromatic carbocycles. The van der Waals surface area contributed by atoms with Gasteiger partial charge in [-0.05, 0) is 42.3 Å². The molecule has 0 aliphatic rings. The molecule has 3 aromatic rings. The largest absolute Gasteiger partial charge is 0.388 e. The summed E-state index contributed by atoms with van der Waals surface area (Å²) >= 11 is 5.93. The van der Waals surface area contributed by atoms with E-state index in [1.807, 2.05) is 41.1 Å². The van der Waals surface area contributed by atoms with Crippen molar-refractivity contribution in [2.24, 2.45) is 0 Å². The Hall–Kier alpha value is -1.95. The minimum absolute atomic E-state index is 0.523. The lowest BCUT2D eigenvalue weighted by Gasteiger charge is -2.19. The number of allylic oxidation sites excluding steroid dienone is 1. The molecule has 1 heterocycles. The number of halogens is 1. The van der Waals surface area contributed by atoms with E-state index in [9.17, 15) is 5.11 Å². The highest BCUT2D eigenvalue weighted by Crippen LogP contribution is 2.26. The van der Waals surface area contributed by atoms with Crippen LogP contribution in [0.1, 0.15) is 18.1 Å². The van der Waals surface area contributed by atoms with Gasteiger partial charge in [0.15, 0.2) is 0 Å². The Morgan fingerprint density at radius 1 is 1.15 bits per heavy atom. The summed E-state index contributed by atoms with van der Waals surface area (Å²) in [6.07, 6.45) is 2.05. The third-order valence-electron chi connectivity index (χ3n) is 4.17. The Bertz CT molecular complexity index is 913. The predicted octanol–water partition coefficient (Wildman–Crippen LogP) is 5.39. The van der Waals surface area contributed by atoms with Gasteiger partial charge in [-0.15, -0.1) is 5.10 Å². The van der Waals surface area contributed by atoms with E-state index >= 15 is 0 Å². The number of nitrogens with zero attached hydrogens (tertiary/aromatic N) is 3. The maximum absolute atomic E-state index is 10.5. The molecule has 0 saturated heterocycles. The molecule has 0 amide bonds. The SMILES string of the molecule is C[Si](C)(C)C/C(=C\CC(O)c1ccc(Cl)cc1)n1nnc2ccccc21. The van der Waals surface area contributed by atoms with E-state index in [1.165, 1.54) is 0 Å². The van der Waals surface area contributed by atoms with Crippen molar-refractivity contribution in [1.29, 1.82) is 0 Å². The van der Waals surface area contributed by atoms with E-state index in [-0.39, 0.29) is 0 Å². The van der Waals surface area contributed by atoms with Crippen molar-refractivity contribution in [3.8, 4) is 0 Å². The van der Waals surface area contributed by atoms with Gasteiger partial charge in [-0.3, -0.25) is 0 Å². The van der Waals surface area contributed by atoms with Crippen LogP contribution in [0.5, 0.6) is 0 Å². The summed E-state index contributed by atoms with van der Waals surface area (Å²) in [5, 5.41) is 19.9. The Kier molecular flexibility index (Phi) is 5.60. The van der Waals surface area contributed by atoms with Crippen LogP contribution in [0.3, 0.4) is 0 Å². The highest BCUT2D eigenvalue weighted by Gasteiger charge is 2.19. The summed E-state index contributed by atoms with van der Waals surface area (Å²) in [4.78, 5) is 0. The van der Waals surface area contributed by atoms with Crippen LogP contribution in [-0.4, -0.2) is 28.2 Å². The van der Waals surface area contributed by atoms with Crippen molar-refractivity contribution in [1.82, 2.24) is 15.0 Å². The topological polar surface area (TPSA) is 50.9 Å². The third-order valence-corrected chi connectivity index (χ3v) is 5.84. The van der Waals surface area contributed by atoms with Crippen molar-refractivity contribution in [3.05, 3.63) is 65.2 Å². The number of aliphatic hydroxyl groups excluding tert-OH is 1. The van der Waals surface area contributed by atoms with Gasteiger partial charge in [0, 0.05) is 10.7 Å². The minimum atomic E-state index is -1.38. The Morgan fingerprint density at radius 3 is 2.54 bits per heavy atom. The molecule has 3 rings (SSSR count). The first-order valence-electron chi connectivity index (χ1n) is 8.77. The standard InChI is InChI=1S/C20H24ClN3OSi/c1-26(2,3)14-17(24-19-7-5-4-6-18(19)22-23-24)12-13-20(25)15-8-10-16(21)11-9-15/h4-12,20,25H,13-14H2,1-3H3/b17-12+. The molecule has 0 radical (unpaired) electrons. The van der Waals surface area contributed by atoms with Crippen LogP contribution in [0.25, 0.3) is 16.7 Å². The average molecular weight is 386 g/mol. The molecule has 0 saturated carbocycles. The lowest BCUT2D eigenvalue weighted by Crippen LogP contribution is -2.21. The second kappa shape index (κ2) is 7.74. The number of fused-ring (bicyclic) bond motifs is 1. The molecule has 0 fully saturated rings. The summed E-state index contributed by atoms with van der Waals surface area (Å²) < 4.78 is 1.92. The maximum Gasteiger partial charge on any atom is 0.113 e. The summed E-state index contributed by atoms with van der Waals surface area (Å²) in [5.41, 5.74) is 3.84. The molecule has 0 aliphatic heterocycles. The molecule has 26 heavy (non-hydrogen) atoms. The molecular weight excluding hydrogens is 362 g/mol. The second-order valence-electron chi connectivity index (χ2n) is 7.73. The molecule has 0 spiro atoms. The van der Waals surface area contributed by atoms with Gasteiger partial charge >= 0.3 is 0 Å². The normalized spacial score (nSPS) is 14.0. The molecule has 136 valence electrons. The van der Waals surface area contributed by atoms with E-state index in [0.717, 1.165) is 28.3 Å². The van der Waals surface area contributed by atoms with Crippen LogP contribution in [0, 0.1) is 0 Å². The summed E-state index contributed by atoms with van der Waals surface area (Å²) in [7, 11) is -1.38. The molecule has 6 heteroatoms. The molecule has 4 nitrogen and oxygen atoms in total. The smallest absolute Gasteiger partial charge is 0.113 e. The highest BCUT2D eigenvalue weighted by atomic mass is 35.5. The van der Waals surface area contributed by atoms with Gasteiger partial charge in [0.1, 0.15) is 5.52 Å². The van der Waals surface area contributed by atoms with Crippen LogP contribution in [0.4, 0.5) is 0 Å². The van der Waals surface area contributed by atoms with Crippen LogP contribution in [0.15, 0.2) is 54.6 Å². The molecule has 0 aliphatic carbocycles. The first kappa shape index (κ1) is 18.8. The zero-order valence-electron chi connectivity index (χ0n) is 15.4. The number of hydrogen-bond acceptors (Lipinski definition) is 3. The molecule has 1 N–H and O–H groups in total. The summed E-state index contributed by atoms with van der Waals surface area (Å²) in [5.74, 6) is 0. The summed E-state index contributed by atoms with van der Waals surface area (Å²) in [6.45, 7) is 6.99. The lowest BCUT2D eigenvalue weighted by molar-refractivity contribution is 0.181. The zero-order chi connectivity index (χ0) is 18.7. The number of aliphatic hydroxyl groups is 1. The van der Waals surface area contributed by atoms with Crippen LogP contribution < -0.4 is 0 Å². The average Bonchev–Trinajstić information content (AvgIpc) is 3.02. The second-order valence-corrected chi connectivity index (χ2v) is 13.6. The summed E-state index contributed by atoms with van der Waals surface area (Å²) in [6, 6.07) is 16.3. The highest BCUT2D eigenvalue weighted by molar-refractivity contribution is 6.77. The van der Waals surface area contributed by atoms with Crippen molar-refractivity contribution in [3.63, 3.8) is 0 Å². The quantitative estimate of drug-likeness (QED) is 0.579. The molecule has 1 atom stereocenters. The fourth-order valence-corrected chi connectivity index (χ4v) is 4.43. The molecule has 1 aromatic heterocycles. The van der Waals surface area contributed by atoms with Gasteiger partial charge in [-0.1, -0.05) is 66.8 Å². The van der Waals surface area contributed by atoms with E-state index in [4.69, 9.17) is 11.6 Å². The van der Waals surface area contributed by atoms with Gasteiger partial charge in [0.05, 0.1) is 19.7 Å². The molecule has 0 bridgehead atoms. The first-order chi connectivity index (χ1) is 12.3. The monoisotopic (exact) mass is 385 g/mol. The number of para-hydroxylation sites is 1. The van der Waals surface area contributed by atoms with E-state index in [0.29, 0.717) is 11.4 Å². The van der Waals surface area contributed by atoms with Gasteiger partial charge in [-0.2, -0.15) is 0 Å². The number of hydrogen-bond donors (Lipinski definition) is 1. The first-order valence-corrected chi connectivity index (χ1v) is 12.9. The maximum atomic E-state index is 10.5. The zero-order valence-corrected chi connectivity index (χ0v) is 17.1. The van der Waals surface area contributed by atoms with Gasteiger partial charge in [-0.25, -0.2) is 4.68 Å². The van der Waals surface area contributed by atoms with Gasteiger partial charge < -0.3 is 5.11 Å². The van der Waals surface area contributed by atoms with E-state index in [1.54, 1.807) is 12.1 Å². The van der Waals surface area contributed by atoms with Gasteiger partial charge in [0.25, 0.3) is 0 Å². The van der Waals surface area contributed by atoms with E-state index < -0.39 is 14.2 Å². The number of benzene rings is 2. The minimum Gasteiger partial charge on any atom is -0.388 e. The van der Waals surface area contributed by atoms with Crippen LogP contribution in [0.2, 0.25) is 30.7 Å². The fraction of sp³-hybridized carbons (Fsp3) is 0.300. The Balaban J connectivity index is 1.90. The fourth-order valence-electron chi connectivity index (χ4n) is 2.93. The van der Waals surface area contributed by atoms with Crippen molar-refractivity contribution in [2.75, 3.05) is 0 Å². The lowest BCUT2D eigenvalue weighted by atomic mass is 10.1. The number of rotatable bonds is 6. The molecule has 1 unspecified atom stereocenters. The third kappa shape index (κ3) is 4.61. The Morgan fingerprint density at radius 2 is 1.85 bits per heavy atom. The number of aromatic nitrogens is 3. The van der Waals surface area contributed by atoms with Crippen molar-refractivity contribution >= 4 is 36.4 Å². The molecular formula is C20H24ClN3OSi. The van der Waals surface area contributed by atoms with E-state index in [2.05, 4.69) is 36.0 Å².